The standard InChI is InChI=1S/C11H13N3O2/c1-7(2)15-10-4-9(5-12-6-10)11-14-13-8(3)16-11/h4-7H,1-3H3. The number of hydrogen-bond acceptors (Lipinski definition) is 5. The van der Waals surface area contributed by atoms with Gasteiger partial charge in [-0.15, -0.1) is 10.2 Å². The Kier molecular flexibility index (Phi) is 2.85. The van der Waals surface area contributed by atoms with Crippen LogP contribution in [0.5, 0.6) is 5.75 Å². The summed E-state index contributed by atoms with van der Waals surface area (Å²) in [7, 11) is 0. The summed E-state index contributed by atoms with van der Waals surface area (Å²) in [6.45, 7) is 5.67. The van der Waals surface area contributed by atoms with Gasteiger partial charge in [-0.2, -0.15) is 0 Å². The molecule has 0 fully saturated rings. The Labute approximate surface area is 93.5 Å². The van der Waals surface area contributed by atoms with Crippen LogP contribution in [0.4, 0.5) is 0 Å². The van der Waals surface area contributed by atoms with Crippen molar-refractivity contribution < 1.29 is 9.15 Å². The van der Waals surface area contributed by atoms with Crippen molar-refractivity contribution in [2.75, 3.05) is 0 Å². The van der Waals surface area contributed by atoms with Crippen molar-refractivity contribution in [2.45, 2.75) is 26.9 Å². The summed E-state index contributed by atoms with van der Waals surface area (Å²) in [5, 5.41) is 7.69. The number of rotatable bonds is 3. The molecule has 0 atom stereocenters. The Balaban J connectivity index is 2.28. The van der Waals surface area contributed by atoms with Crippen LogP contribution in [0, 0.1) is 6.92 Å². The highest BCUT2D eigenvalue weighted by Gasteiger charge is 2.08. The van der Waals surface area contributed by atoms with Gasteiger partial charge >= 0.3 is 0 Å². The molecule has 2 aromatic rings. The first kappa shape index (κ1) is 10.6. The molecule has 2 heterocycles. The molecule has 0 aliphatic carbocycles. The van der Waals surface area contributed by atoms with Crippen molar-refractivity contribution in [1.82, 2.24) is 15.2 Å². The van der Waals surface area contributed by atoms with Crippen molar-refractivity contribution in [2.24, 2.45) is 0 Å². The summed E-state index contributed by atoms with van der Waals surface area (Å²) in [6, 6.07) is 1.83. The Bertz CT molecular complexity index is 480. The summed E-state index contributed by atoms with van der Waals surface area (Å²) in [5.41, 5.74) is 0.763. The topological polar surface area (TPSA) is 61.0 Å². The first-order valence-electron chi connectivity index (χ1n) is 5.07. The van der Waals surface area contributed by atoms with Crippen molar-refractivity contribution in [3.63, 3.8) is 0 Å². The van der Waals surface area contributed by atoms with E-state index in [4.69, 9.17) is 9.15 Å². The molecule has 0 unspecified atom stereocenters. The van der Waals surface area contributed by atoms with E-state index in [0.717, 1.165) is 5.56 Å². The van der Waals surface area contributed by atoms with Gasteiger partial charge in [0.05, 0.1) is 17.9 Å². The van der Waals surface area contributed by atoms with Gasteiger partial charge in [0.1, 0.15) is 5.75 Å². The first-order valence-corrected chi connectivity index (χ1v) is 5.07. The normalized spacial score (nSPS) is 10.8. The lowest BCUT2D eigenvalue weighted by molar-refractivity contribution is 0.241. The van der Waals surface area contributed by atoms with Gasteiger partial charge in [0.2, 0.25) is 11.8 Å². The summed E-state index contributed by atoms with van der Waals surface area (Å²) in [4.78, 5) is 4.07. The summed E-state index contributed by atoms with van der Waals surface area (Å²) < 4.78 is 10.8. The highest BCUT2D eigenvalue weighted by Crippen LogP contribution is 2.21. The average molecular weight is 219 g/mol. The van der Waals surface area contributed by atoms with E-state index in [1.54, 1.807) is 19.3 Å². The van der Waals surface area contributed by atoms with Gasteiger partial charge in [-0.1, -0.05) is 0 Å². The smallest absolute Gasteiger partial charge is 0.249 e. The van der Waals surface area contributed by atoms with E-state index < -0.39 is 0 Å². The number of pyridine rings is 1. The molecule has 0 spiro atoms. The Hall–Kier alpha value is -1.91. The molecular weight excluding hydrogens is 206 g/mol. The van der Waals surface area contributed by atoms with Crippen molar-refractivity contribution >= 4 is 0 Å². The molecule has 84 valence electrons. The van der Waals surface area contributed by atoms with Crippen LogP contribution in [-0.4, -0.2) is 21.3 Å². The quantitative estimate of drug-likeness (QED) is 0.792. The number of nitrogens with zero attached hydrogens (tertiary/aromatic N) is 3. The van der Waals surface area contributed by atoms with Crippen LogP contribution in [0.15, 0.2) is 22.9 Å². The number of ether oxygens (including phenoxy) is 1. The van der Waals surface area contributed by atoms with Crippen LogP contribution in [0.1, 0.15) is 19.7 Å². The van der Waals surface area contributed by atoms with Gasteiger partial charge < -0.3 is 9.15 Å². The van der Waals surface area contributed by atoms with E-state index >= 15 is 0 Å². The summed E-state index contributed by atoms with van der Waals surface area (Å²) in [6.07, 6.45) is 3.44. The highest BCUT2D eigenvalue weighted by atomic mass is 16.5. The second-order valence-corrected chi connectivity index (χ2v) is 3.70. The minimum Gasteiger partial charge on any atom is -0.489 e. The Morgan fingerprint density at radius 3 is 2.69 bits per heavy atom. The number of aromatic nitrogens is 3. The van der Waals surface area contributed by atoms with E-state index in [9.17, 15) is 0 Å². The van der Waals surface area contributed by atoms with E-state index in [2.05, 4.69) is 15.2 Å². The van der Waals surface area contributed by atoms with Crippen LogP contribution in [0.2, 0.25) is 0 Å². The molecule has 5 nitrogen and oxygen atoms in total. The molecule has 2 rings (SSSR count). The zero-order valence-corrected chi connectivity index (χ0v) is 9.47. The molecule has 2 aromatic heterocycles. The van der Waals surface area contributed by atoms with Gasteiger partial charge in [-0.25, -0.2) is 0 Å². The molecule has 0 aliphatic rings. The first-order chi connectivity index (χ1) is 7.65. The zero-order chi connectivity index (χ0) is 11.5. The number of aryl methyl sites for hydroxylation is 1. The fourth-order valence-corrected chi connectivity index (χ4v) is 1.29. The molecule has 0 saturated heterocycles. The average Bonchev–Trinajstić information content (AvgIpc) is 2.64. The van der Waals surface area contributed by atoms with Crippen LogP contribution in [0.3, 0.4) is 0 Å². The maximum Gasteiger partial charge on any atom is 0.249 e. The molecule has 0 aliphatic heterocycles. The lowest BCUT2D eigenvalue weighted by Gasteiger charge is -2.08. The molecular formula is C11H13N3O2. The lowest BCUT2D eigenvalue weighted by Crippen LogP contribution is -2.05. The molecule has 0 aromatic carbocycles. The van der Waals surface area contributed by atoms with Gasteiger partial charge in [0.25, 0.3) is 0 Å². The second-order valence-electron chi connectivity index (χ2n) is 3.70. The van der Waals surface area contributed by atoms with E-state index in [0.29, 0.717) is 17.5 Å². The fraction of sp³-hybridized carbons (Fsp3) is 0.364. The van der Waals surface area contributed by atoms with Crippen LogP contribution in [-0.2, 0) is 0 Å². The molecule has 0 saturated carbocycles. The lowest BCUT2D eigenvalue weighted by atomic mass is 10.3. The van der Waals surface area contributed by atoms with Crippen LogP contribution < -0.4 is 4.74 Å². The second kappa shape index (κ2) is 4.30. The number of hydrogen-bond donors (Lipinski definition) is 0. The Morgan fingerprint density at radius 1 is 1.25 bits per heavy atom. The van der Waals surface area contributed by atoms with Crippen LogP contribution in [0.25, 0.3) is 11.5 Å². The predicted molar refractivity (Wildman–Crippen MR) is 58.0 cm³/mol. The van der Waals surface area contributed by atoms with Crippen LogP contribution >= 0.6 is 0 Å². The van der Waals surface area contributed by atoms with Gasteiger partial charge in [-0.3, -0.25) is 4.98 Å². The molecule has 0 bridgehead atoms. The largest absolute Gasteiger partial charge is 0.489 e. The third-order valence-electron chi connectivity index (χ3n) is 1.86. The molecule has 0 N–H and O–H groups in total. The van der Waals surface area contributed by atoms with Gasteiger partial charge in [0.15, 0.2) is 0 Å². The molecule has 16 heavy (non-hydrogen) atoms. The van der Waals surface area contributed by atoms with Crippen molar-refractivity contribution in [1.29, 1.82) is 0 Å². The van der Waals surface area contributed by atoms with E-state index in [1.165, 1.54) is 0 Å². The van der Waals surface area contributed by atoms with E-state index in [1.807, 2.05) is 19.9 Å². The van der Waals surface area contributed by atoms with E-state index in [-0.39, 0.29) is 6.10 Å². The summed E-state index contributed by atoms with van der Waals surface area (Å²) >= 11 is 0. The monoisotopic (exact) mass is 219 g/mol. The third kappa shape index (κ3) is 2.36. The minimum atomic E-state index is 0.112. The van der Waals surface area contributed by atoms with Gasteiger partial charge in [0, 0.05) is 13.1 Å². The molecule has 0 radical (unpaired) electrons. The SMILES string of the molecule is Cc1nnc(-c2cncc(OC(C)C)c2)o1. The highest BCUT2D eigenvalue weighted by molar-refractivity contribution is 5.53. The predicted octanol–water partition coefficient (Wildman–Crippen LogP) is 2.23. The maximum atomic E-state index is 5.53. The van der Waals surface area contributed by atoms with Crippen molar-refractivity contribution in [3.8, 4) is 17.2 Å². The molecule has 0 amide bonds. The Morgan fingerprint density at radius 2 is 2.06 bits per heavy atom. The van der Waals surface area contributed by atoms with Crippen molar-refractivity contribution in [3.05, 3.63) is 24.4 Å². The molecule has 5 heteroatoms. The maximum absolute atomic E-state index is 5.53. The zero-order valence-electron chi connectivity index (χ0n) is 9.47. The minimum absolute atomic E-state index is 0.112. The van der Waals surface area contributed by atoms with Gasteiger partial charge in [-0.05, 0) is 19.9 Å². The third-order valence-corrected chi connectivity index (χ3v) is 1.86. The summed E-state index contributed by atoms with van der Waals surface area (Å²) in [5.74, 6) is 1.69. The fourth-order valence-electron chi connectivity index (χ4n) is 1.29.